The number of fused-ring (bicyclic) bond motifs is 1. The number of rotatable bonds is 3. The SMILES string of the molecule is Cc1c(Cl)cccc1NC(=O)CN1C(=O)c2cc(Cl)c(Cl)cc2C1=O. The highest BCUT2D eigenvalue weighted by molar-refractivity contribution is 6.43. The van der Waals surface area contributed by atoms with E-state index in [0.29, 0.717) is 16.3 Å². The van der Waals surface area contributed by atoms with Crippen molar-refractivity contribution in [3.05, 3.63) is 62.1 Å². The molecule has 25 heavy (non-hydrogen) atoms. The number of nitrogens with zero attached hydrogens (tertiary/aromatic N) is 1. The third-order valence-corrected chi connectivity index (χ3v) is 4.99. The van der Waals surface area contributed by atoms with E-state index in [2.05, 4.69) is 5.32 Å². The normalized spacial score (nSPS) is 13.2. The van der Waals surface area contributed by atoms with Crippen molar-refractivity contribution in [2.24, 2.45) is 0 Å². The second-order valence-electron chi connectivity index (χ2n) is 5.47. The van der Waals surface area contributed by atoms with Gasteiger partial charge < -0.3 is 5.32 Å². The van der Waals surface area contributed by atoms with Gasteiger partial charge in [-0.15, -0.1) is 0 Å². The lowest BCUT2D eigenvalue weighted by Crippen LogP contribution is -2.37. The summed E-state index contributed by atoms with van der Waals surface area (Å²) in [5, 5.41) is 3.49. The summed E-state index contributed by atoms with van der Waals surface area (Å²) >= 11 is 17.8. The maximum atomic E-state index is 12.4. The number of hydrogen-bond acceptors (Lipinski definition) is 3. The Morgan fingerprint density at radius 3 is 2.12 bits per heavy atom. The summed E-state index contributed by atoms with van der Waals surface area (Å²) in [6, 6.07) is 7.74. The van der Waals surface area contributed by atoms with Gasteiger partial charge in [0.2, 0.25) is 5.91 Å². The first-order valence-corrected chi connectivity index (χ1v) is 8.33. The summed E-state index contributed by atoms with van der Waals surface area (Å²) in [4.78, 5) is 37.9. The number of halogens is 3. The molecular formula is C17H11Cl3N2O3. The molecule has 1 aliphatic heterocycles. The number of carbonyl (C=O) groups excluding carboxylic acids is 3. The van der Waals surface area contributed by atoms with Crippen LogP contribution < -0.4 is 5.32 Å². The molecule has 0 fully saturated rings. The largest absolute Gasteiger partial charge is 0.324 e. The summed E-state index contributed by atoms with van der Waals surface area (Å²) in [5.74, 6) is -1.69. The van der Waals surface area contributed by atoms with Gasteiger partial charge in [-0.05, 0) is 36.8 Å². The number of amides is 3. The van der Waals surface area contributed by atoms with E-state index in [1.54, 1.807) is 25.1 Å². The highest BCUT2D eigenvalue weighted by atomic mass is 35.5. The van der Waals surface area contributed by atoms with Gasteiger partial charge in [0.05, 0.1) is 21.2 Å². The minimum absolute atomic E-state index is 0.131. The highest BCUT2D eigenvalue weighted by Gasteiger charge is 2.37. The molecule has 2 aromatic rings. The van der Waals surface area contributed by atoms with Crippen LogP contribution >= 0.6 is 34.8 Å². The van der Waals surface area contributed by atoms with Crippen LogP contribution in [0.4, 0.5) is 5.69 Å². The lowest BCUT2D eigenvalue weighted by atomic mass is 10.1. The molecule has 8 heteroatoms. The minimum Gasteiger partial charge on any atom is -0.324 e. The third kappa shape index (κ3) is 3.23. The van der Waals surface area contributed by atoms with Crippen LogP contribution in [0.5, 0.6) is 0 Å². The van der Waals surface area contributed by atoms with Crippen LogP contribution in [0.2, 0.25) is 15.1 Å². The van der Waals surface area contributed by atoms with Gasteiger partial charge in [0.1, 0.15) is 6.54 Å². The van der Waals surface area contributed by atoms with Crippen LogP contribution in [0, 0.1) is 6.92 Å². The molecule has 0 saturated carbocycles. The van der Waals surface area contributed by atoms with Crippen LogP contribution in [-0.4, -0.2) is 29.2 Å². The second-order valence-corrected chi connectivity index (χ2v) is 6.69. The fraction of sp³-hybridized carbons (Fsp3) is 0.118. The molecule has 0 unspecified atom stereocenters. The Hall–Kier alpha value is -2.08. The van der Waals surface area contributed by atoms with Crippen molar-refractivity contribution in [1.29, 1.82) is 0 Å². The van der Waals surface area contributed by atoms with E-state index in [0.717, 1.165) is 4.90 Å². The van der Waals surface area contributed by atoms with Gasteiger partial charge in [-0.25, -0.2) is 0 Å². The number of anilines is 1. The zero-order chi connectivity index (χ0) is 18.3. The standard InChI is InChI=1S/C17H11Cl3N2O3/c1-8-11(18)3-2-4-14(8)21-15(23)7-22-16(24)9-5-12(19)13(20)6-10(9)17(22)25/h2-6H,7H2,1H3,(H,21,23). The Kier molecular flexibility index (Phi) is 4.73. The average molecular weight is 398 g/mol. The van der Waals surface area contributed by atoms with Gasteiger partial charge in [0.15, 0.2) is 0 Å². The third-order valence-electron chi connectivity index (χ3n) is 3.86. The van der Waals surface area contributed by atoms with Crippen molar-refractivity contribution < 1.29 is 14.4 Å². The molecule has 5 nitrogen and oxygen atoms in total. The molecule has 0 spiro atoms. The summed E-state index contributed by atoms with van der Waals surface area (Å²) in [7, 11) is 0. The fourth-order valence-electron chi connectivity index (χ4n) is 2.50. The fourth-order valence-corrected chi connectivity index (χ4v) is 3.01. The van der Waals surface area contributed by atoms with Crippen LogP contribution in [0.1, 0.15) is 26.3 Å². The number of hydrogen-bond donors (Lipinski definition) is 1. The number of benzene rings is 2. The molecule has 3 rings (SSSR count). The Labute approximate surface area is 158 Å². The predicted octanol–water partition coefficient (Wildman–Crippen LogP) is 4.19. The molecule has 1 heterocycles. The summed E-state index contributed by atoms with van der Waals surface area (Å²) < 4.78 is 0. The van der Waals surface area contributed by atoms with Crippen molar-refractivity contribution in [3.63, 3.8) is 0 Å². The first-order valence-electron chi connectivity index (χ1n) is 7.20. The zero-order valence-electron chi connectivity index (χ0n) is 12.9. The Bertz CT molecular complexity index is 887. The van der Waals surface area contributed by atoms with E-state index in [1.165, 1.54) is 12.1 Å². The van der Waals surface area contributed by atoms with Crippen molar-refractivity contribution >= 4 is 58.2 Å². The topological polar surface area (TPSA) is 66.5 Å². The van der Waals surface area contributed by atoms with Crippen molar-refractivity contribution in [1.82, 2.24) is 4.90 Å². The molecule has 0 aliphatic carbocycles. The van der Waals surface area contributed by atoms with E-state index in [-0.39, 0.29) is 21.2 Å². The molecule has 128 valence electrons. The first-order chi connectivity index (χ1) is 11.8. The molecule has 0 atom stereocenters. The van der Waals surface area contributed by atoms with E-state index in [4.69, 9.17) is 34.8 Å². The average Bonchev–Trinajstić information content (AvgIpc) is 2.77. The maximum Gasteiger partial charge on any atom is 0.262 e. The van der Waals surface area contributed by atoms with Crippen LogP contribution in [0.25, 0.3) is 0 Å². The van der Waals surface area contributed by atoms with Crippen molar-refractivity contribution in [2.75, 3.05) is 11.9 Å². The smallest absolute Gasteiger partial charge is 0.262 e. The van der Waals surface area contributed by atoms with Gasteiger partial charge in [-0.1, -0.05) is 40.9 Å². The van der Waals surface area contributed by atoms with E-state index in [1.807, 2.05) is 0 Å². The molecule has 0 saturated heterocycles. The van der Waals surface area contributed by atoms with Crippen LogP contribution in [0.15, 0.2) is 30.3 Å². The molecular weight excluding hydrogens is 387 g/mol. The predicted molar refractivity (Wildman–Crippen MR) is 96.6 cm³/mol. The zero-order valence-corrected chi connectivity index (χ0v) is 15.2. The Balaban J connectivity index is 1.80. The summed E-state index contributed by atoms with van der Waals surface area (Å²) in [6.07, 6.45) is 0. The monoisotopic (exact) mass is 396 g/mol. The number of imide groups is 1. The lowest BCUT2D eigenvalue weighted by Gasteiger charge is -2.15. The molecule has 1 aliphatic rings. The minimum atomic E-state index is -0.587. The molecule has 0 bridgehead atoms. The highest BCUT2D eigenvalue weighted by Crippen LogP contribution is 2.31. The number of nitrogens with one attached hydrogen (secondary N) is 1. The summed E-state index contributed by atoms with van der Waals surface area (Å²) in [5.41, 5.74) is 1.47. The van der Waals surface area contributed by atoms with Crippen molar-refractivity contribution in [2.45, 2.75) is 6.92 Å². The van der Waals surface area contributed by atoms with E-state index < -0.39 is 24.3 Å². The molecule has 3 amide bonds. The molecule has 0 radical (unpaired) electrons. The van der Waals surface area contributed by atoms with Crippen LogP contribution in [0.3, 0.4) is 0 Å². The maximum absolute atomic E-state index is 12.4. The Morgan fingerprint density at radius 1 is 1.00 bits per heavy atom. The van der Waals surface area contributed by atoms with Gasteiger partial charge >= 0.3 is 0 Å². The van der Waals surface area contributed by atoms with E-state index in [9.17, 15) is 14.4 Å². The molecule has 0 aromatic heterocycles. The van der Waals surface area contributed by atoms with Crippen LogP contribution in [-0.2, 0) is 4.79 Å². The molecule has 1 N–H and O–H groups in total. The van der Waals surface area contributed by atoms with Gasteiger partial charge in [0.25, 0.3) is 11.8 Å². The second kappa shape index (κ2) is 6.67. The van der Waals surface area contributed by atoms with Crippen molar-refractivity contribution in [3.8, 4) is 0 Å². The molecule has 2 aromatic carbocycles. The van der Waals surface area contributed by atoms with Gasteiger partial charge in [0, 0.05) is 10.7 Å². The van der Waals surface area contributed by atoms with Gasteiger partial charge in [-0.2, -0.15) is 0 Å². The van der Waals surface area contributed by atoms with Gasteiger partial charge in [-0.3, -0.25) is 19.3 Å². The lowest BCUT2D eigenvalue weighted by molar-refractivity contribution is -0.116. The Morgan fingerprint density at radius 2 is 1.56 bits per heavy atom. The quantitative estimate of drug-likeness (QED) is 0.790. The first kappa shape index (κ1) is 17.7. The number of carbonyl (C=O) groups is 3. The summed E-state index contributed by atoms with van der Waals surface area (Å²) in [6.45, 7) is 1.33. The van der Waals surface area contributed by atoms with E-state index >= 15 is 0 Å².